The Morgan fingerprint density at radius 2 is 1.87 bits per heavy atom. The summed E-state index contributed by atoms with van der Waals surface area (Å²) in [4.78, 5) is 35.8. The van der Waals surface area contributed by atoms with E-state index in [9.17, 15) is 22.8 Å². The molecule has 0 saturated carbocycles. The quantitative estimate of drug-likeness (QED) is 0.272. The SMILES string of the molecule is CCCc1ccc(C)cc1N1C(=O)CSC1=NC(=O)Nc1ccc(OCC2N=CN(c3ccc(OC(F)(F)F)cc3)N2)cc1C. The first-order chi connectivity index (χ1) is 21.5. The van der Waals surface area contributed by atoms with Crippen LogP contribution in [0.25, 0.3) is 0 Å². The number of urea groups is 1. The highest BCUT2D eigenvalue weighted by molar-refractivity contribution is 8.15. The van der Waals surface area contributed by atoms with Crippen LogP contribution in [0.15, 0.2) is 70.6 Å². The molecule has 2 aliphatic rings. The number of rotatable bonds is 9. The number of halogens is 3. The number of nitrogens with zero attached hydrogens (tertiary/aromatic N) is 4. The molecule has 0 aliphatic carbocycles. The molecule has 14 heteroatoms. The van der Waals surface area contributed by atoms with Crippen molar-refractivity contribution in [3.05, 3.63) is 77.4 Å². The van der Waals surface area contributed by atoms with Gasteiger partial charge >= 0.3 is 12.4 Å². The van der Waals surface area contributed by atoms with Gasteiger partial charge < -0.3 is 14.8 Å². The summed E-state index contributed by atoms with van der Waals surface area (Å²) < 4.78 is 47.0. The summed E-state index contributed by atoms with van der Waals surface area (Å²) in [5.41, 5.74) is 7.73. The molecule has 3 amide bonds. The Morgan fingerprint density at radius 3 is 2.58 bits per heavy atom. The average Bonchev–Trinajstić information content (AvgIpc) is 3.60. The van der Waals surface area contributed by atoms with Crippen molar-refractivity contribution in [1.82, 2.24) is 5.43 Å². The van der Waals surface area contributed by atoms with Gasteiger partial charge in [-0.2, -0.15) is 4.99 Å². The van der Waals surface area contributed by atoms with Gasteiger partial charge in [0.25, 0.3) is 0 Å². The maximum Gasteiger partial charge on any atom is 0.573 e. The Labute approximate surface area is 262 Å². The minimum absolute atomic E-state index is 0.121. The zero-order chi connectivity index (χ0) is 32.1. The molecule has 2 N–H and O–H groups in total. The zero-order valence-corrected chi connectivity index (χ0v) is 25.5. The van der Waals surface area contributed by atoms with Crippen molar-refractivity contribution in [3.8, 4) is 11.5 Å². The van der Waals surface area contributed by atoms with E-state index in [0.717, 1.165) is 35.2 Å². The third kappa shape index (κ3) is 8.13. The molecule has 0 bridgehead atoms. The number of alkyl halides is 3. The number of hydrogen-bond donors (Lipinski definition) is 2. The predicted octanol–water partition coefficient (Wildman–Crippen LogP) is 6.58. The molecule has 10 nitrogen and oxygen atoms in total. The molecule has 2 heterocycles. The van der Waals surface area contributed by atoms with Gasteiger partial charge in [-0.05, 0) is 85.5 Å². The Kier molecular flexibility index (Phi) is 9.63. The van der Waals surface area contributed by atoms with E-state index in [0.29, 0.717) is 22.3 Å². The van der Waals surface area contributed by atoms with E-state index in [2.05, 4.69) is 32.4 Å². The molecule has 236 valence electrons. The third-order valence-electron chi connectivity index (χ3n) is 6.81. The van der Waals surface area contributed by atoms with Crippen LogP contribution in [0.3, 0.4) is 0 Å². The molecule has 5 rings (SSSR count). The number of aryl methyl sites for hydroxylation is 3. The molecular weight excluding hydrogens is 609 g/mol. The fraction of sp³-hybridized carbons (Fsp3) is 0.290. The second-order valence-electron chi connectivity index (χ2n) is 10.3. The highest BCUT2D eigenvalue weighted by Gasteiger charge is 2.32. The number of anilines is 3. The number of ether oxygens (including phenoxy) is 2. The Balaban J connectivity index is 1.17. The first kappa shape index (κ1) is 31.9. The summed E-state index contributed by atoms with van der Waals surface area (Å²) in [5, 5.41) is 4.70. The Bertz CT molecular complexity index is 1630. The molecule has 45 heavy (non-hydrogen) atoms. The highest BCUT2D eigenvalue weighted by Crippen LogP contribution is 2.32. The van der Waals surface area contributed by atoms with Crippen LogP contribution in [0, 0.1) is 13.8 Å². The molecular formula is C31H31F3N6O4S. The van der Waals surface area contributed by atoms with Crippen molar-refractivity contribution >= 4 is 52.3 Å². The minimum Gasteiger partial charge on any atom is -0.490 e. The van der Waals surface area contributed by atoms with Gasteiger partial charge in [-0.15, -0.1) is 13.2 Å². The van der Waals surface area contributed by atoms with Gasteiger partial charge in [0.1, 0.15) is 24.4 Å². The number of amides is 3. The number of hydrogen-bond acceptors (Lipinski definition) is 8. The van der Waals surface area contributed by atoms with Crippen LogP contribution in [0.1, 0.15) is 30.0 Å². The largest absolute Gasteiger partial charge is 0.573 e. The first-order valence-electron chi connectivity index (χ1n) is 14.1. The standard InChI is InChI=1S/C31H31F3N6O4S/c1-4-5-21-7-6-19(2)14-26(21)40-28(41)17-45-30(40)37-29(42)36-25-13-12-24(15-20(25)3)43-16-27-35-18-39(38-27)22-8-10-23(11-9-22)44-31(32,33)34/h6-15,18,27,38H,4-5,16-17H2,1-3H3,(H,36,42). The fourth-order valence-electron chi connectivity index (χ4n) is 4.72. The fourth-order valence-corrected chi connectivity index (χ4v) is 5.58. The van der Waals surface area contributed by atoms with Gasteiger partial charge in [-0.25, -0.2) is 15.2 Å². The van der Waals surface area contributed by atoms with Crippen LogP contribution < -0.4 is 30.1 Å². The molecule has 1 saturated heterocycles. The van der Waals surface area contributed by atoms with E-state index in [-0.39, 0.29) is 24.0 Å². The molecule has 1 fully saturated rings. The van der Waals surface area contributed by atoms with E-state index in [1.807, 2.05) is 32.0 Å². The predicted molar refractivity (Wildman–Crippen MR) is 169 cm³/mol. The van der Waals surface area contributed by atoms with Crippen LogP contribution in [0.5, 0.6) is 11.5 Å². The second-order valence-corrected chi connectivity index (χ2v) is 11.3. The van der Waals surface area contributed by atoms with E-state index in [4.69, 9.17) is 4.74 Å². The zero-order valence-electron chi connectivity index (χ0n) is 24.7. The van der Waals surface area contributed by atoms with Gasteiger partial charge in [0.15, 0.2) is 11.3 Å². The Hall–Kier alpha value is -4.56. The number of hydrazine groups is 1. The van der Waals surface area contributed by atoms with Crippen molar-refractivity contribution in [2.75, 3.05) is 27.6 Å². The van der Waals surface area contributed by atoms with Crippen molar-refractivity contribution in [3.63, 3.8) is 0 Å². The summed E-state index contributed by atoms with van der Waals surface area (Å²) in [6.45, 7) is 6.02. The molecule has 0 radical (unpaired) electrons. The lowest BCUT2D eigenvalue weighted by Gasteiger charge is -2.20. The number of carbonyl (C=O) groups excluding carboxylic acids is 2. The average molecular weight is 641 g/mol. The molecule has 1 unspecified atom stereocenters. The molecule has 0 aromatic heterocycles. The van der Waals surface area contributed by atoms with Crippen LogP contribution >= 0.6 is 11.8 Å². The van der Waals surface area contributed by atoms with Gasteiger partial charge in [-0.1, -0.05) is 37.2 Å². The lowest BCUT2D eigenvalue weighted by atomic mass is 10.0. The van der Waals surface area contributed by atoms with Crippen molar-refractivity contribution in [2.24, 2.45) is 9.98 Å². The number of nitrogens with one attached hydrogen (secondary N) is 2. The highest BCUT2D eigenvalue weighted by atomic mass is 32.2. The van der Waals surface area contributed by atoms with Crippen LogP contribution in [0.4, 0.5) is 35.0 Å². The molecule has 1 atom stereocenters. The van der Waals surface area contributed by atoms with E-state index < -0.39 is 18.6 Å². The van der Waals surface area contributed by atoms with Crippen molar-refractivity contribution in [2.45, 2.75) is 46.1 Å². The van der Waals surface area contributed by atoms with Gasteiger partial charge in [0.2, 0.25) is 5.91 Å². The molecule has 2 aliphatic heterocycles. The molecule has 3 aromatic rings. The normalized spacial score (nSPS) is 17.3. The summed E-state index contributed by atoms with van der Waals surface area (Å²) in [6.07, 6.45) is -1.96. The summed E-state index contributed by atoms with van der Waals surface area (Å²) in [6, 6.07) is 15.9. The summed E-state index contributed by atoms with van der Waals surface area (Å²) in [5.74, 6) is 0.316. The van der Waals surface area contributed by atoms with Crippen LogP contribution in [-0.2, 0) is 11.2 Å². The summed E-state index contributed by atoms with van der Waals surface area (Å²) >= 11 is 1.23. The topological polar surface area (TPSA) is 108 Å². The van der Waals surface area contributed by atoms with Crippen LogP contribution in [-0.4, -0.2) is 48.3 Å². The maximum absolute atomic E-state index is 12.9. The second kappa shape index (κ2) is 13.6. The number of aliphatic imine (C=N–C) groups is 2. The van der Waals surface area contributed by atoms with Gasteiger partial charge in [-0.3, -0.25) is 14.7 Å². The first-order valence-corrected chi connectivity index (χ1v) is 15.1. The van der Waals surface area contributed by atoms with E-state index >= 15 is 0 Å². The number of thioether (sulfide) groups is 1. The number of amidine groups is 1. The molecule has 0 spiro atoms. The smallest absolute Gasteiger partial charge is 0.490 e. The van der Waals surface area contributed by atoms with E-state index in [1.165, 1.54) is 47.3 Å². The number of benzene rings is 3. The van der Waals surface area contributed by atoms with Crippen molar-refractivity contribution in [1.29, 1.82) is 0 Å². The third-order valence-corrected chi connectivity index (χ3v) is 7.73. The minimum atomic E-state index is -4.76. The van der Waals surface area contributed by atoms with Crippen molar-refractivity contribution < 1.29 is 32.2 Å². The lowest BCUT2D eigenvalue weighted by Crippen LogP contribution is -2.39. The Morgan fingerprint density at radius 1 is 1.11 bits per heavy atom. The van der Waals surface area contributed by atoms with Gasteiger partial charge in [0.05, 0.1) is 17.1 Å². The monoisotopic (exact) mass is 640 g/mol. The van der Waals surface area contributed by atoms with Crippen LogP contribution in [0.2, 0.25) is 0 Å². The van der Waals surface area contributed by atoms with Gasteiger partial charge in [0, 0.05) is 5.69 Å². The maximum atomic E-state index is 12.9. The summed E-state index contributed by atoms with van der Waals surface area (Å²) in [7, 11) is 0. The number of carbonyl (C=O) groups is 2. The molecule has 3 aromatic carbocycles. The lowest BCUT2D eigenvalue weighted by molar-refractivity contribution is -0.274. The van der Waals surface area contributed by atoms with E-state index in [1.54, 1.807) is 23.2 Å².